The third-order valence-electron chi connectivity index (χ3n) is 4.00. The Labute approximate surface area is 134 Å². The van der Waals surface area contributed by atoms with Crippen LogP contribution in [0.4, 0.5) is 10.9 Å². The van der Waals surface area contributed by atoms with Crippen LogP contribution in [0.1, 0.15) is 35.8 Å². The molecule has 0 bridgehead atoms. The van der Waals surface area contributed by atoms with Gasteiger partial charge in [0.1, 0.15) is 5.82 Å². The molecule has 2 heterocycles. The maximum Gasteiger partial charge on any atom is 0.189 e. The summed E-state index contributed by atoms with van der Waals surface area (Å²) in [7, 11) is 0. The standard InChI is InChI=1S/C18H17N3S/c1-11(2)12-6-7-13-10-15-17(14(13)9-12)21-18(22-15)20-16-5-3-4-8-19-16/h3-9,11H,10H2,1-2H3,(H,19,20,21). The summed E-state index contributed by atoms with van der Waals surface area (Å²) in [5.74, 6) is 1.38. The van der Waals surface area contributed by atoms with E-state index in [0.29, 0.717) is 5.92 Å². The summed E-state index contributed by atoms with van der Waals surface area (Å²) in [6, 6.07) is 12.6. The van der Waals surface area contributed by atoms with Gasteiger partial charge in [-0.05, 0) is 35.2 Å². The van der Waals surface area contributed by atoms with Crippen molar-refractivity contribution in [1.29, 1.82) is 0 Å². The number of nitrogens with one attached hydrogen (secondary N) is 1. The average molecular weight is 307 g/mol. The fourth-order valence-electron chi connectivity index (χ4n) is 2.78. The van der Waals surface area contributed by atoms with Crippen LogP contribution in [0.5, 0.6) is 0 Å². The van der Waals surface area contributed by atoms with E-state index < -0.39 is 0 Å². The lowest BCUT2D eigenvalue weighted by atomic mass is 9.98. The number of benzene rings is 1. The zero-order chi connectivity index (χ0) is 15.1. The fourth-order valence-corrected chi connectivity index (χ4v) is 3.79. The minimum atomic E-state index is 0.541. The number of hydrogen-bond acceptors (Lipinski definition) is 4. The SMILES string of the molecule is CC(C)c1ccc2c(c1)-c1nc(Nc3ccccn3)sc1C2. The molecule has 22 heavy (non-hydrogen) atoms. The molecular formula is C18H17N3S. The van der Waals surface area contributed by atoms with Crippen molar-refractivity contribution in [2.24, 2.45) is 0 Å². The van der Waals surface area contributed by atoms with Crippen LogP contribution < -0.4 is 5.32 Å². The molecule has 2 aromatic heterocycles. The van der Waals surface area contributed by atoms with E-state index in [1.54, 1.807) is 17.5 Å². The summed E-state index contributed by atoms with van der Waals surface area (Å²) in [5.41, 5.74) is 5.20. The Bertz CT molecular complexity index is 822. The van der Waals surface area contributed by atoms with Crippen LogP contribution in [0.3, 0.4) is 0 Å². The largest absolute Gasteiger partial charge is 0.316 e. The van der Waals surface area contributed by atoms with Crippen molar-refractivity contribution < 1.29 is 0 Å². The average Bonchev–Trinajstić information content (AvgIpc) is 3.04. The maximum absolute atomic E-state index is 4.80. The van der Waals surface area contributed by atoms with E-state index in [-0.39, 0.29) is 0 Å². The first kappa shape index (κ1) is 13.5. The van der Waals surface area contributed by atoms with Crippen molar-refractivity contribution in [3.63, 3.8) is 0 Å². The molecule has 0 spiro atoms. The van der Waals surface area contributed by atoms with Gasteiger partial charge in [-0.15, -0.1) is 11.3 Å². The molecule has 1 aromatic carbocycles. The van der Waals surface area contributed by atoms with Crippen molar-refractivity contribution in [2.45, 2.75) is 26.2 Å². The third kappa shape index (κ3) is 2.29. The first-order chi connectivity index (χ1) is 10.7. The molecule has 0 amide bonds. The van der Waals surface area contributed by atoms with Gasteiger partial charge < -0.3 is 5.32 Å². The van der Waals surface area contributed by atoms with Crippen LogP contribution in [0.2, 0.25) is 0 Å². The molecule has 4 heteroatoms. The zero-order valence-corrected chi connectivity index (χ0v) is 13.4. The van der Waals surface area contributed by atoms with Crippen LogP contribution in [-0.2, 0) is 6.42 Å². The van der Waals surface area contributed by atoms with Gasteiger partial charge in [-0.2, -0.15) is 0 Å². The predicted molar refractivity (Wildman–Crippen MR) is 92.0 cm³/mol. The van der Waals surface area contributed by atoms with Crippen molar-refractivity contribution in [2.75, 3.05) is 5.32 Å². The summed E-state index contributed by atoms with van der Waals surface area (Å²) in [5, 5.41) is 4.22. The molecule has 1 aliphatic carbocycles. The van der Waals surface area contributed by atoms with E-state index in [2.05, 4.69) is 42.3 Å². The third-order valence-corrected chi connectivity index (χ3v) is 4.97. The second-order valence-electron chi connectivity index (χ2n) is 5.88. The number of hydrogen-bond donors (Lipinski definition) is 1. The number of fused-ring (bicyclic) bond motifs is 3. The number of thiazole rings is 1. The summed E-state index contributed by atoms with van der Waals surface area (Å²) < 4.78 is 0. The molecule has 0 saturated heterocycles. The molecule has 3 nitrogen and oxygen atoms in total. The highest BCUT2D eigenvalue weighted by atomic mass is 32.1. The van der Waals surface area contributed by atoms with E-state index in [1.165, 1.54) is 21.6 Å². The van der Waals surface area contributed by atoms with Crippen LogP contribution >= 0.6 is 11.3 Å². The smallest absolute Gasteiger partial charge is 0.189 e. The van der Waals surface area contributed by atoms with Crippen molar-refractivity contribution in [3.05, 3.63) is 58.6 Å². The lowest BCUT2D eigenvalue weighted by Gasteiger charge is -2.08. The molecule has 110 valence electrons. The van der Waals surface area contributed by atoms with Gasteiger partial charge in [-0.3, -0.25) is 0 Å². The Kier molecular flexibility index (Phi) is 3.19. The topological polar surface area (TPSA) is 37.8 Å². The molecule has 1 N–H and O–H groups in total. The lowest BCUT2D eigenvalue weighted by molar-refractivity contribution is 0.866. The Hall–Kier alpha value is -2.20. The molecule has 0 saturated carbocycles. The highest BCUT2D eigenvalue weighted by Crippen LogP contribution is 2.42. The fraction of sp³-hybridized carbons (Fsp3) is 0.222. The van der Waals surface area contributed by atoms with Gasteiger partial charge in [-0.1, -0.05) is 32.0 Å². The summed E-state index contributed by atoms with van der Waals surface area (Å²) in [6.07, 6.45) is 2.78. The van der Waals surface area contributed by atoms with Gasteiger partial charge in [0.15, 0.2) is 5.13 Å². The Morgan fingerprint density at radius 2 is 2.09 bits per heavy atom. The van der Waals surface area contributed by atoms with Crippen molar-refractivity contribution >= 4 is 22.3 Å². The van der Waals surface area contributed by atoms with Gasteiger partial charge in [0.2, 0.25) is 0 Å². The minimum Gasteiger partial charge on any atom is -0.316 e. The van der Waals surface area contributed by atoms with Gasteiger partial charge in [0.25, 0.3) is 0 Å². The maximum atomic E-state index is 4.80. The first-order valence-corrected chi connectivity index (χ1v) is 8.33. The highest BCUT2D eigenvalue weighted by molar-refractivity contribution is 7.16. The number of aromatic nitrogens is 2. The first-order valence-electron chi connectivity index (χ1n) is 7.51. The lowest BCUT2D eigenvalue weighted by Crippen LogP contribution is -1.93. The Balaban J connectivity index is 1.68. The van der Waals surface area contributed by atoms with E-state index in [1.807, 2.05) is 18.2 Å². The second-order valence-corrected chi connectivity index (χ2v) is 6.96. The number of rotatable bonds is 3. The quantitative estimate of drug-likeness (QED) is 0.580. The molecule has 0 unspecified atom stereocenters. The summed E-state index contributed by atoms with van der Waals surface area (Å²) in [4.78, 5) is 10.4. The van der Waals surface area contributed by atoms with Crippen LogP contribution in [0, 0.1) is 0 Å². The van der Waals surface area contributed by atoms with Gasteiger partial charge in [0, 0.05) is 23.1 Å². The number of anilines is 2. The molecule has 0 aliphatic heterocycles. The van der Waals surface area contributed by atoms with E-state index in [4.69, 9.17) is 4.98 Å². The molecule has 0 fully saturated rings. The molecule has 1 aliphatic rings. The number of nitrogens with zero attached hydrogens (tertiary/aromatic N) is 2. The summed E-state index contributed by atoms with van der Waals surface area (Å²) in [6.45, 7) is 4.46. The molecule has 0 radical (unpaired) electrons. The molecule has 0 atom stereocenters. The van der Waals surface area contributed by atoms with Crippen LogP contribution in [0.25, 0.3) is 11.3 Å². The second kappa shape index (κ2) is 5.21. The zero-order valence-electron chi connectivity index (χ0n) is 12.6. The van der Waals surface area contributed by atoms with E-state index >= 15 is 0 Å². The summed E-state index contributed by atoms with van der Waals surface area (Å²) >= 11 is 1.73. The van der Waals surface area contributed by atoms with Crippen molar-refractivity contribution in [1.82, 2.24) is 9.97 Å². The van der Waals surface area contributed by atoms with Gasteiger partial charge in [-0.25, -0.2) is 9.97 Å². The van der Waals surface area contributed by atoms with Gasteiger partial charge in [0.05, 0.1) is 5.69 Å². The van der Waals surface area contributed by atoms with Crippen molar-refractivity contribution in [3.8, 4) is 11.3 Å². The minimum absolute atomic E-state index is 0.541. The van der Waals surface area contributed by atoms with Gasteiger partial charge >= 0.3 is 0 Å². The monoisotopic (exact) mass is 307 g/mol. The normalized spacial score (nSPS) is 12.3. The van der Waals surface area contributed by atoms with Crippen LogP contribution in [0.15, 0.2) is 42.6 Å². The number of pyridine rings is 1. The van der Waals surface area contributed by atoms with Crippen LogP contribution in [-0.4, -0.2) is 9.97 Å². The molecular weight excluding hydrogens is 290 g/mol. The predicted octanol–water partition coefficient (Wildman–Crippen LogP) is 4.98. The van der Waals surface area contributed by atoms with E-state index in [9.17, 15) is 0 Å². The highest BCUT2D eigenvalue weighted by Gasteiger charge is 2.24. The molecule has 3 aromatic rings. The Morgan fingerprint density at radius 1 is 1.18 bits per heavy atom. The molecule has 4 rings (SSSR count). The van der Waals surface area contributed by atoms with E-state index in [0.717, 1.165) is 23.1 Å². The Morgan fingerprint density at radius 3 is 2.86 bits per heavy atom.